The summed E-state index contributed by atoms with van der Waals surface area (Å²) in [7, 11) is 0. The van der Waals surface area contributed by atoms with Crippen LogP contribution in [0.5, 0.6) is 5.75 Å². The third kappa shape index (κ3) is 3.54. The van der Waals surface area contributed by atoms with Crippen LogP contribution in [0.25, 0.3) is 16.6 Å². The highest BCUT2D eigenvalue weighted by atomic mass is 19.4. The van der Waals surface area contributed by atoms with Crippen molar-refractivity contribution >= 4 is 16.6 Å². The molecule has 2 unspecified atom stereocenters. The third-order valence-electron chi connectivity index (χ3n) is 7.24. The molecule has 0 spiro atoms. The smallest absolute Gasteiger partial charge is 0.419 e. The minimum atomic E-state index is -4.55. The lowest BCUT2D eigenvalue weighted by Gasteiger charge is -2.55. The van der Waals surface area contributed by atoms with Crippen LogP contribution in [0, 0.1) is 6.92 Å². The summed E-state index contributed by atoms with van der Waals surface area (Å²) in [5.74, 6) is 0.664. The van der Waals surface area contributed by atoms with E-state index in [2.05, 4.69) is 10.4 Å². The van der Waals surface area contributed by atoms with Crippen molar-refractivity contribution in [2.24, 2.45) is 0 Å². The molecule has 3 aromatic carbocycles. The molecule has 6 rings (SSSR count). The summed E-state index contributed by atoms with van der Waals surface area (Å²) in [5, 5.41) is 8.30. The van der Waals surface area contributed by atoms with E-state index < -0.39 is 23.9 Å². The Labute approximate surface area is 206 Å². The van der Waals surface area contributed by atoms with Gasteiger partial charge in [-0.2, -0.15) is 18.3 Å². The number of aryl methyl sites for hydroxylation is 1. The summed E-state index contributed by atoms with van der Waals surface area (Å²) in [6.45, 7) is 3.76. The Morgan fingerprint density at radius 3 is 2.61 bits per heavy atom. The first-order valence-corrected chi connectivity index (χ1v) is 12.0. The molecule has 36 heavy (non-hydrogen) atoms. The minimum absolute atomic E-state index is 0.200. The SMILES string of the molecule is Cc1cc(NCC2(C(F)(F)F)CC(C)(c3cccc4c3OCC4)O2)c2cnn(-c3ccccc3)c2c1. The summed E-state index contributed by atoms with van der Waals surface area (Å²) in [4.78, 5) is 0. The third-order valence-corrected chi connectivity index (χ3v) is 7.24. The zero-order valence-electron chi connectivity index (χ0n) is 20.0. The largest absolute Gasteiger partial charge is 0.493 e. The monoisotopic (exact) mass is 493 g/mol. The van der Waals surface area contributed by atoms with Crippen LogP contribution in [-0.4, -0.2) is 34.7 Å². The number of alkyl halides is 3. The van der Waals surface area contributed by atoms with Crippen molar-refractivity contribution in [3.05, 3.63) is 83.6 Å². The van der Waals surface area contributed by atoms with E-state index in [9.17, 15) is 13.2 Å². The van der Waals surface area contributed by atoms with Crippen LogP contribution >= 0.6 is 0 Å². The molecule has 3 heterocycles. The molecular formula is C28H26F3N3O2. The number of rotatable bonds is 5. The number of aromatic nitrogens is 2. The summed E-state index contributed by atoms with van der Waals surface area (Å²) in [6.07, 6.45) is -2.31. The zero-order chi connectivity index (χ0) is 25.1. The molecule has 0 bridgehead atoms. The van der Waals surface area contributed by atoms with Gasteiger partial charge in [0.2, 0.25) is 0 Å². The molecule has 0 radical (unpaired) electrons. The Kier molecular flexibility index (Phi) is 5.09. The highest BCUT2D eigenvalue weighted by molar-refractivity contribution is 5.93. The van der Waals surface area contributed by atoms with E-state index in [0.717, 1.165) is 34.1 Å². The number of fused-ring (bicyclic) bond motifs is 2. The van der Waals surface area contributed by atoms with E-state index in [1.54, 1.807) is 23.9 Å². The van der Waals surface area contributed by atoms with Crippen LogP contribution in [0.1, 0.15) is 30.0 Å². The average Bonchev–Trinajstić information content (AvgIpc) is 3.47. The van der Waals surface area contributed by atoms with Gasteiger partial charge in [0.25, 0.3) is 0 Å². The molecule has 1 fully saturated rings. The number of benzene rings is 3. The van der Waals surface area contributed by atoms with Gasteiger partial charge in [-0.15, -0.1) is 0 Å². The zero-order valence-corrected chi connectivity index (χ0v) is 20.0. The quantitative estimate of drug-likeness (QED) is 0.354. The van der Waals surface area contributed by atoms with Gasteiger partial charge in [-0.05, 0) is 49.2 Å². The van der Waals surface area contributed by atoms with Gasteiger partial charge in [0, 0.05) is 29.5 Å². The number of halogens is 3. The lowest BCUT2D eigenvalue weighted by atomic mass is 9.74. The normalized spacial score (nSPS) is 23.2. The van der Waals surface area contributed by atoms with Crippen LogP contribution in [0.3, 0.4) is 0 Å². The van der Waals surface area contributed by atoms with E-state index in [1.807, 2.05) is 61.5 Å². The second kappa shape index (κ2) is 8.00. The number of hydrogen-bond acceptors (Lipinski definition) is 4. The molecule has 0 amide bonds. The van der Waals surface area contributed by atoms with Crippen molar-refractivity contribution in [1.29, 1.82) is 0 Å². The number of nitrogens with zero attached hydrogens (tertiary/aromatic N) is 2. The van der Waals surface area contributed by atoms with Gasteiger partial charge in [-0.25, -0.2) is 4.68 Å². The van der Waals surface area contributed by atoms with Crippen LogP contribution < -0.4 is 10.1 Å². The van der Waals surface area contributed by atoms with Gasteiger partial charge in [0.1, 0.15) is 5.75 Å². The predicted molar refractivity (Wildman–Crippen MR) is 132 cm³/mol. The van der Waals surface area contributed by atoms with Crippen molar-refractivity contribution in [2.45, 2.75) is 44.1 Å². The Morgan fingerprint density at radius 2 is 1.86 bits per heavy atom. The van der Waals surface area contributed by atoms with Gasteiger partial charge in [-0.3, -0.25) is 0 Å². The Bertz CT molecular complexity index is 1440. The Balaban J connectivity index is 1.30. The molecule has 1 aromatic heterocycles. The van der Waals surface area contributed by atoms with Crippen LogP contribution in [0.15, 0.2) is 66.9 Å². The molecule has 1 N–H and O–H groups in total. The van der Waals surface area contributed by atoms with Gasteiger partial charge in [-0.1, -0.05) is 36.4 Å². The van der Waals surface area contributed by atoms with E-state index >= 15 is 0 Å². The first-order valence-electron chi connectivity index (χ1n) is 12.0. The van der Waals surface area contributed by atoms with Gasteiger partial charge >= 0.3 is 6.18 Å². The average molecular weight is 494 g/mol. The summed E-state index contributed by atoms with van der Waals surface area (Å²) in [5.41, 5.74) is 1.52. The van der Waals surface area contributed by atoms with E-state index in [1.165, 1.54) is 0 Å². The van der Waals surface area contributed by atoms with Gasteiger partial charge < -0.3 is 14.8 Å². The van der Waals surface area contributed by atoms with E-state index in [-0.39, 0.29) is 6.42 Å². The summed E-state index contributed by atoms with van der Waals surface area (Å²) >= 11 is 0. The Morgan fingerprint density at radius 1 is 1.08 bits per heavy atom. The molecular weight excluding hydrogens is 467 g/mol. The Hall–Kier alpha value is -3.52. The highest BCUT2D eigenvalue weighted by Crippen LogP contribution is 2.57. The number of para-hydroxylation sites is 2. The molecule has 2 aliphatic rings. The van der Waals surface area contributed by atoms with Gasteiger partial charge in [0.05, 0.1) is 36.2 Å². The van der Waals surface area contributed by atoms with E-state index in [4.69, 9.17) is 9.47 Å². The fourth-order valence-electron chi connectivity index (χ4n) is 5.53. The molecule has 5 nitrogen and oxygen atoms in total. The first kappa shape index (κ1) is 22.9. The van der Waals surface area contributed by atoms with Crippen LogP contribution in [-0.2, 0) is 16.8 Å². The van der Waals surface area contributed by atoms with Crippen LogP contribution in [0.2, 0.25) is 0 Å². The first-order chi connectivity index (χ1) is 17.2. The second-order valence-corrected chi connectivity index (χ2v) is 9.88. The maximum Gasteiger partial charge on any atom is 0.419 e. The van der Waals surface area contributed by atoms with Crippen molar-refractivity contribution < 1.29 is 22.6 Å². The molecule has 2 atom stereocenters. The maximum absolute atomic E-state index is 14.4. The molecule has 2 aliphatic heterocycles. The fraction of sp³-hybridized carbons (Fsp3) is 0.321. The number of anilines is 1. The van der Waals surface area contributed by atoms with Crippen molar-refractivity contribution in [3.63, 3.8) is 0 Å². The molecule has 186 valence electrons. The van der Waals surface area contributed by atoms with E-state index in [0.29, 0.717) is 23.6 Å². The molecule has 0 saturated carbocycles. The van der Waals surface area contributed by atoms with Crippen LogP contribution in [0.4, 0.5) is 18.9 Å². The molecule has 8 heteroatoms. The molecule has 0 aliphatic carbocycles. The van der Waals surface area contributed by atoms with Gasteiger partial charge in [0.15, 0.2) is 5.60 Å². The molecule has 1 saturated heterocycles. The lowest BCUT2D eigenvalue weighted by molar-refractivity contribution is -0.380. The summed E-state index contributed by atoms with van der Waals surface area (Å²) in [6, 6.07) is 19.1. The fourth-order valence-corrected chi connectivity index (χ4v) is 5.53. The van der Waals surface area contributed by atoms with Crippen molar-refractivity contribution in [1.82, 2.24) is 9.78 Å². The second-order valence-electron chi connectivity index (χ2n) is 9.88. The standard InChI is InChI=1S/C28H26F3N3O2/c1-18-13-23(21-15-33-34(24(21)14-18)20-8-4-3-5-9-20)32-17-27(28(29,30)31)16-26(2,36-27)22-10-6-7-19-11-12-35-25(19)22/h3-10,13-15,32H,11-12,16-17H2,1-2H3. The van der Waals surface area contributed by atoms with Crippen molar-refractivity contribution in [2.75, 3.05) is 18.5 Å². The summed E-state index contributed by atoms with van der Waals surface area (Å²) < 4.78 is 56.6. The predicted octanol–water partition coefficient (Wildman–Crippen LogP) is 6.32. The number of ether oxygens (including phenoxy) is 2. The number of hydrogen-bond donors (Lipinski definition) is 1. The lowest BCUT2D eigenvalue weighted by Crippen LogP contribution is -2.67. The minimum Gasteiger partial charge on any atom is -0.493 e. The molecule has 4 aromatic rings. The highest BCUT2D eigenvalue weighted by Gasteiger charge is 2.68. The van der Waals surface area contributed by atoms with Crippen molar-refractivity contribution in [3.8, 4) is 11.4 Å². The topological polar surface area (TPSA) is 48.3 Å². The number of nitrogens with one attached hydrogen (secondary N) is 1. The maximum atomic E-state index is 14.4.